The zero-order chi connectivity index (χ0) is 19.6. The van der Waals surface area contributed by atoms with Gasteiger partial charge in [0.2, 0.25) is 11.8 Å². The van der Waals surface area contributed by atoms with Crippen LogP contribution >= 0.6 is 0 Å². The van der Waals surface area contributed by atoms with Crippen LogP contribution in [0.1, 0.15) is 42.9 Å². The number of halogens is 3. The first-order valence-electron chi connectivity index (χ1n) is 9.20. The molecule has 0 aromatic carbocycles. The van der Waals surface area contributed by atoms with Gasteiger partial charge in [0, 0.05) is 36.7 Å². The second kappa shape index (κ2) is 7.86. The fourth-order valence-electron chi connectivity index (χ4n) is 3.45. The van der Waals surface area contributed by atoms with Crippen LogP contribution in [0.25, 0.3) is 0 Å². The number of rotatable bonds is 5. The molecule has 0 spiro atoms. The Morgan fingerprint density at radius 1 is 1.11 bits per heavy atom. The molecule has 150 valence electrons. The van der Waals surface area contributed by atoms with Crippen molar-refractivity contribution in [2.75, 3.05) is 18.5 Å². The molecule has 1 saturated carbocycles. The minimum Gasteiger partial charge on any atom is -0.469 e. The smallest absolute Gasteiger partial charge is 0.423 e. The minimum atomic E-state index is -4.58. The molecule has 2 atom stereocenters. The van der Waals surface area contributed by atoms with Crippen molar-refractivity contribution in [3.8, 4) is 5.88 Å². The quantitative estimate of drug-likeness (QED) is 0.832. The van der Waals surface area contributed by atoms with Crippen LogP contribution in [0.15, 0.2) is 24.8 Å². The normalized spacial score (nSPS) is 23.1. The van der Waals surface area contributed by atoms with E-state index in [1.54, 1.807) is 18.6 Å². The van der Waals surface area contributed by atoms with E-state index in [1.807, 2.05) is 0 Å². The number of aromatic nitrogens is 4. The van der Waals surface area contributed by atoms with Gasteiger partial charge in [-0.2, -0.15) is 18.2 Å². The van der Waals surface area contributed by atoms with Crippen LogP contribution in [0.5, 0.6) is 5.88 Å². The Morgan fingerprint density at radius 2 is 1.96 bits per heavy atom. The van der Waals surface area contributed by atoms with Crippen LogP contribution in [0.3, 0.4) is 0 Å². The number of anilines is 1. The van der Waals surface area contributed by atoms with Gasteiger partial charge in [0.05, 0.1) is 18.9 Å². The lowest BCUT2D eigenvalue weighted by atomic mass is 9.84. The van der Waals surface area contributed by atoms with Gasteiger partial charge < -0.3 is 14.8 Å². The van der Waals surface area contributed by atoms with Crippen molar-refractivity contribution in [3.63, 3.8) is 0 Å². The number of ether oxygens (including phenoxy) is 2. The first-order chi connectivity index (χ1) is 13.5. The topological polar surface area (TPSA) is 82.1 Å². The van der Waals surface area contributed by atoms with Gasteiger partial charge in [0.15, 0.2) is 0 Å². The molecule has 2 aromatic heterocycles. The lowest BCUT2D eigenvalue weighted by Crippen LogP contribution is -2.39. The van der Waals surface area contributed by atoms with Crippen molar-refractivity contribution in [1.29, 1.82) is 0 Å². The number of nitrogens with zero attached hydrogens (tertiary/aromatic N) is 4. The molecule has 2 aromatic rings. The van der Waals surface area contributed by atoms with Crippen molar-refractivity contribution in [1.82, 2.24) is 19.9 Å². The zero-order valence-corrected chi connectivity index (χ0v) is 15.0. The molecular weight excluding hydrogens is 375 g/mol. The largest absolute Gasteiger partial charge is 0.469 e. The third-order valence-corrected chi connectivity index (χ3v) is 4.95. The minimum absolute atomic E-state index is 0.0392. The first-order valence-corrected chi connectivity index (χ1v) is 9.20. The van der Waals surface area contributed by atoms with Crippen molar-refractivity contribution in [2.24, 2.45) is 0 Å². The summed E-state index contributed by atoms with van der Waals surface area (Å²) in [5.74, 6) is -0.0788. The molecule has 2 aliphatic rings. The predicted molar refractivity (Wildman–Crippen MR) is 92.9 cm³/mol. The third-order valence-electron chi connectivity index (χ3n) is 4.95. The highest BCUT2D eigenvalue weighted by molar-refractivity contribution is 5.36. The Morgan fingerprint density at radius 3 is 2.64 bits per heavy atom. The van der Waals surface area contributed by atoms with E-state index in [1.165, 1.54) is 0 Å². The summed E-state index contributed by atoms with van der Waals surface area (Å²) in [6.07, 6.45) is 4.47. The van der Waals surface area contributed by atoms with E-state index in [4.69, 9.17) is 9.47 Å². The highest BCUT2D eigenvalue weighted by Gasteiger charge is 2.38. The van der Waals surface area contributed by atoms with Gasteiger partial charge in [-0.25, -0.2) is 4.98 Å². The van der Waals surface area contributed by atoms with E-state index in [2.05, 4.69) is 25.3 Å². The van der Waals surface area contributed by atoms with Gasteiger partial charge >= 0.3 is 6.18 Å². The van der Waals surface area contributed by atoms with Crippen LogP contribution in [-0.2, 0) is 10.9 Å². The lowest BCUT2D eigenvalue weighted by molar-refractivity contribution is -0.142. The van der Waals surface area contributed by atoms with Gasteiger partial charge in [-0.15, -0.1) is 0 Å². The van der Waals surface area contributed by atoms with E-state index >= 15 is 0 Å². The molecule has 3 heterocycles. The molecule has 2 unspecified atom stereocenters. The van der Waals surface area contributed by atoms with E-state index in [-0.39, 0.29) is 31.1 Å². The zero-order valence-electron chi connectivity index (χ0n) is 15.0. The van der Waals surface area contributed by atoms with Gasteiger partial charge in [-0.1, -0.05) is 6.42 Å². The molecule has 1 saturated heterocycles. The summed E-state index contributed by atoms with van der Waals surface area (Å²) in [5, 5.41) is 3.16. The lowest BCUT2D eigenvalue weighted by Gasteiger charge is -2.30. The van der Waals surface area contributed by atoms with Crippen molar-refractivity contribution < 1.29 is 22.6 Å². The fraction of sp³-hybridized carbons (Fsp3) is 0.556. The molecule has 1 aliphatic carbocycles. The molecule has 1 aliphatic heterocycles. The van der Waals surface area contributed by atoms with Crippen molar-refractivity contribution in [3.05, 3.63) is 36.0 Å². The maximum atomic E-state index is 13.2. The first kappa shape index (κ1) is 18.9. The number of hydrogen-bond acceptors (Lipinski definition) is 7. The molecule has 0 bridgehead atoms. The maximum absolute atomic E-state index is 13.2. The molecule has 28 heavy (non-hydrogen) atoms. The van der Waals surface area contributed by atoms with Crippen LogP contribution in [0.2, 0.25) is 0 Å². The number of hydrogen-bond donors (Lipinski definition) is 1. The number of alkyl halides is 3. The Bertz CT molecular complexity index is 802. The van der Waals surface area contributed by atoms with Crippen molar-refractivity contribution in [2.45, 2.75) is 49.9 Å². The fourth-order valence-corrected chi connectivity index (χ4v) is 3.45. The molecular formula is C18H20F3N5O2. The van der Waals surface area contributed by atoms with Crippen LogP contribution in [0.4, 0.5) is 19.1 Å². The highest BCUT2D eigenvalue weighted by atomic mass is 19.4. The Balaban J connectivity index is 1.48. The second-order valence-corrected chi connectivity index (χ2v) is 7.02. The second-order valence-electron chi connectivity index (χ2n) is 7.02. The summed E-state index contributed by atoms with van der Waals surface area (Å²) < 4.78 is 50.0. The molecule has 0 radical (unpaired) electrons. The van der Waals surface area contributed by atoms with Gasteiger partial charge in [-0.05, 0) is 19.3 Å². The predicted octanol–water partition coefficient (Wildman–Crippen LogP) is 3.20. The summed E-state index contributed by atoms with van der Waals surface area (Å²) >= 11 is 0. The Hall–Kier alpha value is -2.49. The molecule has 10 heteroatoms. The Labute approximate surface area is 159 Å². The summed E-state index contributed by atoms with van der Waals surface area (Å²) in [4.78, 5) is 16.4. The van der Waals surface area contributed by atoms with Crippen LogP contribution in [-0.4, -0.2) is 45.3 Å². The van der Waals surface area contributed by atoms with Crippen molar-refractivity contribution >= 4 is 5.95 Å². The molecule has 7 nitrogen and oxygen atoms in total. The Kier molecular flexibility index (Phi) is 5.29. The molecule has 0 amide bonds. The van der Waals surface area contributed by atoms with E-state index in [0.717, 1.165) is 37.6 Å². The monoisotopic (exact) mass is 395 g/mol. The van der Waals surface area contributed by atoms with Crippen LogP contribution in [0, 0.1) is 0 Å². The highest BCUT2D eigenvalue weighted by Crippen LogP contribution is 2.37. The standard InChI is InChI=1S/C18H20F3N5O2/c19-18(20,21)14-7-24-17(26-16(14)28-13-9-27-10-13)25-12-3-1-2-11(6-12)15-8-22-4-5-23-15/h4-5,7-8,11-13H,1-3,6,9-10H2,(H,24,25,26). The summed E-state index contributed by atoms with van der Waals surface area (Å²) in [7, 11) is 0. The SMILES string of the molecule is FC(F)(F)c1cnc(NC2CCCC(c3cnccn3)C2)nc1OC1COC1. The summed E-state index contributed by atoms with van der Waals surface area (Å²) in [5.41, 5.74) is -0.0534. The maximum Gasteiger partial charge on any atom is 0.423 e. The van der Waals surface area contributed by atoms with Crippen LogP contribution < -0.4 is 10.1 Å². The van der Waals surface area contributed by atoms with E-state index in [9.17, 15) is 13.2 Å². The third kappa shape index (κ3) is 4.32. The molecule has 4 rings (SSSR count). The van der Waals surface area contributed by atoms with E-state index < -0.39 is 23.7 Å². The summed E-state index contributed by atoms with van der Waals surface area (Å²) in [6.45, 7) is 0.513. The summed E-state index contributed by atoms with van der Waals surface area (Å²) in [6, 6.07) is 0.0392. The average molecular weight is 395 g/mol. The number of nitrogens with one attached hydrogen (secondary N) is 1. The van der Waals surface area contributed by atoms with Gasteiger partial charge in [0.25, 0.3) is 0 Å². The average Bonchev–Trinajstić information content (AvgIpc) is 2.65. The van der Waals surface area contributed by atoms with Gasteiger partial charge in [0.1, 0.15) is 11.7 Å². The molecule has 2 fully saturated rings. The molecule has 1 N–H and O–H groups in total. The van der Waals surface area contributed by atoms with Gasteiger partial charge in [-0.3, -0.25) is 9.97 Å². The van der Waals surface area contributed by atoms with E-state index in [0.29, 0.717) is 0 Å².